The average Bonchev–Trinajstić information content (AvgIpc) is 3.13. The van der Waals surface area contributed by atoms with Crippen LogP contribution in [0.3, 0.4) is 0 Å². The summed E-state index contributed by atoms with van der Waals surface area (Å²) in [5.41, 5.74) is 1.78. The number of nitrogens with one attached hydrogen (secondary N) is 3. The van der Waals surface area contributed by atoms with E-state index < -0.39 is 10.0 Å². The van der Waals surface area contributed by atoms with E-state index in [0.29, 0.717) is 11.4 Å². The van der Waals surface area contributed by atoms with Gasteiger partial charge in [0.25, 0.3) is 10.0 Å². The molecule has 0 saturated carbocycles. The van der Waals surface area contributed by atoms with Crippen LogP contribution in [0.4, 0.5) is 11.4 Å². The van der Waals surface area contributed by atoms with Gasteiger partial charge in [-0.15, -0.1) is 0 Å². The van der Waals surface area contributed by atoms with Crippen LogP contribution >= 0.6 is 0 Å². The molecule has 1 saturated heterocycles. The monoisotopic (exact) mass is 359 g/mol. The molecule has 0 aromatic heterocycles. The fourth-order valence-corrected chi connectivity index (χ4v) is 3.89. The van der Waals surface area contributed by atoms with Crippen molar-refractivity contribution in [3.8, 4) is 0 Å². The van der Waals surface area contributed by atoms with Crippen LogP contribution in [0.15, 0.2) is 53.4 Å². The third kappa shape index (κ3) is 4.18. The molecule has 3 rings (SSSR count). The van der Waals surface area contributed by atoms with E-state index in [9.17, 15) is 13.2 Å². The first-order valence-corrected chi connectivity index (χ1v) is 9.67. The molecule has 1 unspecified atom stereocenters. The number of carbonyl (C=O) groups excluding carboxylic acids is 1. The Hall–Kier alpha value is -2.38. The smallest absolute Gasteiger partial charge is 0.261 e. The normalized spacial score (nSPS) is 17.2. The Morgan fingerprint density at radius 2 is 1.92 bits per heavy atom. The molecule has 2 aromatic carbocycles. The Balaban J connectivity index is 1.79. The van der Waals surface area contributed by atoms with Crippen LogP contribution < -0.4 is 15.4 Å². The second-order valence-electron chi connectivity index (χ2n) is 6.09. The van der Waals surface area contributed by atoms with Gasteiger partial charge in [-0.2, -0.15) is 0 Å². The SMILES string of the molecule is Cc1ccc(NC(=O)C2CCCN2)cc1NS(=O)(=O)c1ccccc1. The van der Waals surface area contributed by atoms with E-state index in [0.717, 1.165) is 24.9 Å². The highest BCUT2D eigenvalue weighted by molar-refractivity contribution is 7.92. The van der Waals surface area contributed by atoms with E-state index in [1.165, 1.54) is 12.1 Å². The van der Waals surface area contributed by atoms with Crippen LogP contribution in [-0.2, 0) is 14.8 Å². The topological polar surface area (TPSA) is 87.3 Å². The van der Waals surface area contributed by atoms with Crippen LogP contribution in [0.5, 0.6) is 0 Å². The molecule has 25 heavy (non-hydrogen) atoms. The number of carbonyl (C=O) groups is 1. The first-order valence-electron chi connectivity index (χ1n) is 8.18. The Morgan fingerprint density at radius 1 is 1.16 bits per heavy atom. The molecule has 1 heterocycles. The summed E-state index contributed by atoms with van der Waals surface area (Å²) in [4.78, 5) is 12.4. The molecule has 0 aliphatic carbocycles. The molecule has 1 fully saturated rings. The summed E-state index contributed by atoms with van der Waals surface area (Å²) in [6, 6.07) is 13.2. The van der Waals surface area contributed by atoms with E-state index in [-0.39, 0.29) is 16.8 Å². The van der Waals surface area contributed by atoms with Crippen molar-refractivity contribution < 1.29 is 13.2 Å². The maximum absolute atomic E-state index is 12.5. The standard InChI is InChI=1S/C18H21N3O3S/c1-13-9-10-14(20-18(22)16-8-5-11-19-16)12-17(13)21-25(23,24)15-6-3-2-4-7-15/h2-4,6-7,9-10,12,16,19,21H,5,8,11H2,1H3,(H,20,22). The summed E-state index contributed by atoms with van der Waals surface area (Å²) in [6.07, 6.45) is 1.79. The number of hydrogen-bond donors (Lipinski definition) is 3. The average molecular weight is 359 g/mol. The quantitative estimate of drug-likeness (QED) is 0.765. The van der Waals surface area contributed by atoms with Crippen LogP contribution in [0.25, 0.3) is 0 Å². The minimum Gasteiger partial charge on any atom is -0.325 e. The fourth-order valence-electron chi connectivity index (χ4n) is 2.75. The Labute approximate surface area is 147 Å². The van der Waals surface area contributed by atoms with Crippen molar-refractivity contribution in [2.75, 3.05) is 16.6 Å². The van der Waals surface area contributed by atoms with E-state index in [1.54, 1.807) is 36.4 Å². The second kappa shape index (κ2) is 7.25. The van der Waals surface area contributed by atoms with Crippen molar-refractivity contribution in [1.29, 1.82) is 0 Å². The summed E-state index contributed by atoms with van der Waals surface area (Å²) in [6.45, 7) is 2.65. The molecular weight excluding hydrogens is 338 g/mol. The summed E-state index contributed by atoms with van der Waals surface area (Å²) in [5.74, 6) is -0.0989. The van der Waals surface area contributed by atoms with Gasteiger partial charge in [-0.1, -0.05) is 24.3 Å². The largest absolute Gasteiger partial charge is 0.325 e. The third-order valence-electron chi connectivity index (χ3n) is 4.18. The van der Waals surface area contributed by atoms with Gasteiger partial charge in [0.05, 0.1) is 16.6 Å². The van der Waals surface area contributed by atoms with Gasteiger partial charge in [0, 0.05) is 5.69 Å². The van der Waals surface area contributed by atoms with Crippen molar-refractivity contribution in [3.05, 3.63) is 54.1 Å². The van der Waals surface area contributed by atoms with Gasteiger partial charge in [-0.3, -0.25) is 9.52 Å². The van der Waals surface area contributed by atoms with Crippen molar-refractivity contribution in [1.82, 2.24) is 5.32 Å². The van der Waals surface area contributed by atoms with E-state index >= 15 is 0 Å². The Bertz CT molecular complexity index is 860. The molecule has 0 spiro atoms. The van der Waals surface area contributed by atoms with Crippen molar-refractivity contribution in [3.63, 3.8) is 0 Å². The first kappa shape index (κ1) is 17.4. The van der Waals surface area contributed by atoms with Crippen molar-refractivity contribution in [2.45, 2.75) is 30.7 Å². The van der Waals surface area contributed by atoms with Gasteiger partial charge < -0.3 is 10.6 Å². The number of anilines is 2. The summed E-state index contributed by atoms with van der Waals surface area (Å²) >= 11 is 0. The molecule has 1 aliphatic rings. The highest BCUT2D eigenvalue weighted by Crippen LogP contribution is 2.24. The lowest BCUT2D eigenvalue weighted by Gasteiger charge is -2.14. The molecule has 1 atom stereocenters. The predicted octanol–water partition coefficient (Wildman–Crippen LogP) is 2.49. The Morgan fingerprint density at radius 3 is 2.60 bits per heavy atom. The number of sulfonamides is 1. The van der Waals surface area contributed by atoms with Crippen molar-refractivity contribution >= 4 is 27.3 Å². The first-order chi connectivity index (χ1) is 12.0. The van der Waals surface area contributed by atoms with Gasteiger partial charge in [-0.05, 0) is 56.1 Å². The molecule has 3 N–H and O–H groups in total. The van der Waals surface area contributed by atoms with E-state index in [4.69, 9.17) is 0 Å². The minimum atomic E-state index is -3.67. The third-order valence-corrected chi connectivity index (χ3v) is 5.56. The lowest BCUT2D eigenvalue weighted by molar-refractivity contribution is -0.117. The highest BCUT2D eigenvalue weighted by atomic mass is 32.2. The zero-order valence-corrected chi connectivity index (χ0v) is 14.8. The Kier molecular flexibility index (Phi) is 5.06. The lowest BCUT2D eigenvalue weighted by Crippen LogP contribution is -2.35. The zero-order chi connectivity index (χ0) is 17.9. The maximum Gasteiger partial charge on any atom is 0.261 e. The van der Waals surface area contributed by atoms with Gasteiger partial charge in [0.1, 0.15) is 0 Å². The highest BCUT2D eigenvalue weighted by Gasteiger charge is 2.22. The number of aryl methyl sites for hydroxylation is 1. The number of amides is 1. The molecule has 0 bridgehead atoms. The van der Waals surface area contributed by atoms with E-state index in [2.05, 4.69) is 15.4 Å². The minimum absolute atomic E-state index is 0.0989. The second-order valence-corrected chi connectivity index (χ2v) is 7.77. The maximum atomic E-state index is 12.5. The van der Waals surface area contributed by atoms with Crippen LogP contribution in [0, 0.1) is 6.92 Å². The fraction of sp³-hybridized carbons (Fsp3) is 0.278. The van der Waals surface area contributed by atoms with Crippen LogP contribution in [-0.4, -0.2) is 26.9 Å². The lowest BCUT2D eigenvalue weighted by atomic mass is 10.1. The summed E-state index contributed by atoms with van der Waals surface area (Å²) < 4.78 is 27.6. The van der Waals surface area contributed by atoms with Gasteiger partial charge in [-0.25, -0.2) is 8.42 Å². The van der Waals surface area contributed by atoms with Crippen LogP contribution in [0.1, 0.15) is 18.4 Å². The molecule has 0 radical (unpaired) electrons. The van der Waals surface area contributed by atoms with Gasteiger partial charge in [0.2, 0.25) is 5.91 Å². The number of benzene rings is 2. The summed E-state index contributed by atoms with van der Waals surface area (Å²) in [5, 5.41) is 5.98. The zero-order valence-electron chi connectivity index (χ0n) is 14.0. The molecule has 6 nitrogen and oxygen atoms in total. The molecule has 132 valence electrons. The van der Waals surface area contributed by atoms with Crippen LogP contribution in [0.2, 0.25) is 0 Å². The van der Waals surface area contributed by atoms with Crippen molar-refractivity contribution in [2.24, 2.45) is 0 Å². The van der Waals surface area contributed by atoms with Gasteiger partial charge in [0.15, 0.2) is 0 Å². The van der Waals surface area contributed by atoms with Gasteiger partial charge >= 0.3 is 0 Å². The molecule has 7 heteroatoms. The molecular formula is C18H21N3O3S. The molecule has 1 aliphatic heterocycles. The molecule has 2 aromatic rings. The predicted molar refractivity (Wildman–Crippen MR) is 98.1 cm³/mol. The van der Waals surface area contributed by atoms with E-state index in [1.807, 2.05) is 6.92 Å². The number of hydrogen-bond acceptors (Lipinski definition) is 4. The number of rotatable bonds is 5. The summed E-state index contributed by atoms with van der Waals surface area (Å²) in [7, 11) is -3.67. The molecule has 1 amide bonds.